The Kier molecular flexibility index (Phi) is 3.96. The summed E-state index contributed by atoms with van der Waals surface area (Å²) in [4.78, 5) is 0. The topological polar surface area (TPSA) is 26.0 Å². The van der Waals surface area contributed by atoms with E-state index in [1.54, 1.807) is 18.2 Å². The van der Waals surface area contributed by atoms with Crippen LogP contribution in [0.4, 0.5) is 13.2 Å². The number of alkyl halides is 3. The second-order valence-electron chi connectivity index (χ2n) is 4.15. The molecular weight excluding hydrogens is 319 g/mol. The first kappa shape index (κ1) is 14.1. The summed E-state index contributed by atoms with van der Waals surface area (Å²) >= 11 is 3.30. The van der Waals surface area contributed by atoms with Crippen LogP contribution in [0.15, 0.2) is 53.0 Å². The van der Waals surface area contributed by atoms with Gasteiger partial charge in [-0.25, -0.2) is 0 Å². The first-order valence-electron chi connectivity index (χ1n) is 5.56. The minimum absolute atomic E-state index is 0.442. The van der Waals surface area contributed by atoms with Gasteiger partial charge < -0.3 is 5.73 Å². The number of nitrogens with two attached hydrogens (primary N) is 1. The van der Waals surface area contributed by atoms with Crippen molar-refractivity contribution in [1.82, 2.24) is 0 Å². The van der Waals surface area contributed by atoms with E-state index in [-0.39, 0.29) is 0 Å². The van der Waals surface area contributed by atoms with Crippen LogP contribution < -0.4 is 5.73 Å². The van der Waals surface area contributed by atoms with Gasteiger partial charge >= 0.3 is 6.18 Å². The number of benzene rings is 2. The van der Waals surface area contributed by atoms with E-state index in [1.165, 1.54) is 6.07 Å². The molecule has 0 amide bonds. The molecule has 5 heteroatoms. The maximum absolute atomic E-state index is 12.6. The fourth-order valence-electron chi connectivity index (χ4n) is 1.77. The summed E-state index contributed by atoms with van der Waals surface area (Å²) < 4.78 is 38.8. The molecule has 0 saturated heterocycles. The third kappa shape index (κ3) is 3.36. The van der Waals surface area contributed by atoms with Crippen LogP contribution in [-0.4, -0.2) is 0 Å². The van der Waals surface area contributed by atoms with Crippen LogP contribution in [0.2, 0.25) is 0 Å². The van der Waals surface area contributed by atoms with Crippen molar-refractivity contribution >= 4 is 15.9 Å². The summed E-state index contributed by atoms with van der Waals surface area (Å²) in [5.74, 6) is 0. The molecule has 0 aromatic heterocycles. The standard InChI is InChI=1S/C14H11BrF3N/c15-12-6-4-9(5-7-12)13(19)10-2-1-3-11(8-10)14(16,17)18/h1-8,13H,19H2. The van der Waals surface area contributed by atoms with Gasteiger partial charge in [-0.3, -0.25) is 0 Å². The molecule has 19 heavy (non-hydrogen) atoms. The van der Waals surface area contributed by atoms with Gasteiger partial charge in [-0.15, -0.1) is 0 Å². The summed E-state index contributed by atoms with van der Waals surface area (Å²) in [5, 5.41) is 0. The molecule has 0 saturated carbocycles. The zero-order chi connectivity index (χ0) is 14.0. The Hall–Kier alpha value is -1.33. The molecule has 2 aromatic carbocycles. The highest BCUT2D eigenvalue weighted by Gasteiger charge is 2.30. The van der Waals surface area contributed by atoms with Gasteiger partial charge in [0, 0.05) is 4.47 Å². The Morgan fingerprint density at radius 2 is 1.58 bits per heavy atom. The quantitative estimate of drug-likeness (QED) is 0.861. The van der Waals surface area contributed by atoms with Gasteiger partial charge in [-0.05, 0) is 35.4 Å². The summed E-state index contributed by atoms with van der Waals surface area (Å²) in [6, 6.07) is 11.7. The molecule has 0 aliphatic rings. The molecule has 0 aliphatic carbocycles. The zero-order valence-electron chi connectivity index (χ0n) is 9.79. The highest BCUT2D eigenvalue weighted by atomic mass is 79.9. The van der Waals surface area contributed by atoms with Crippen molar-refractivity contribution in [3.8, 4) is 0 Å². The van der Waals surface area contributed by atoms with Crippen LogP contribution in [-0.2, 0) is 6.18 Å². The number of halogens is 4. The second-order valence-corrected chi connectivity index (χ2v) is 5.07. The molecule has 100 valence electrons. The number of hydrogen-bond donors (Lipinski definition) is 1. The molecule has 0 heterocycles. The van der Waals surface area contributed by atoms with E-state index in [4.69, 9.17) is 5.73 Å². The van der Waals surface area contributed by atoms with Crippen LogP contribution in [0, 0.1) is 0 Å². The van der Waals surface area contributed by atoms with Crippen LogP contribution in [0.1, 0.15) is 22.7 Å². The molecule has 0 bridgehead atoms. The largest absolute Gasteiger partial charge is 0.416 e. The van der Waals surface area contributed by atoms with Gasteiger partial charge in [0.05, 0.1) is 11.6 Å². The SMILES string of the molecule is NC(c1ccc(Br)cc1)c1cccc(C(F)(F)F)c1. The minimum atomic E-state index is -4.35. The van der Waals surface area contributed by atoms with Gasteiger partial charge in [0.1, 0.15) is 0 Å². The van der Waals surface area contributed by atoms with Crippen molar-refractivity contribution in [2.75, 3.05) is 0 Å². The third-order valence-corrected chi connectivity index (χ3v) is 3.33. The van der Waals surface area contributed by atoms with E-state index in [0.29, 0.717) is 5.56 Å². The van der Waals surface area contributed by atoms with Gasteiger partial charge in [0.2, 0.25) is 0 Å². The van der Waals surface area contributed by atoms with E-state index >= 15 is 0 Å². The summed E-state index contributed by atoms with van der Waals surface area (Å²) in [6.45, 7) is 0. The van der Waals surface area contributed by atoms with Gasteiger partial charge in [-0.2, -0.15) is 13.2 Å². The Balaban J connectivity index is 2.34. The Morgan fingerprint density at radius 1 is 0.947 bits per heavy atom. The Morgan fingerprint density at radius 3 is 2.16 bits per heavy atom. The third-order valence-electron chi connectivity index (χ3n) is 2.80. The molecule has 2 N–H and O–H groups in total. The summed E-state index contributed by atoms with van der Waals surface area (Å²) in [7, 11) is 0. The van der Waals surface area contributed by atoms with Crippen molar-refractivity contribution in [3.05, 3.63) is 69.7 Å². The van der Waals surface area contributed by atoms with E-state index in [9.17, 15) is 13.2 Å². The lowest BCUT2D eigenvalue weighted by Crippen LogP contribution is -2.13. The number of rotatable bonds is 2. The first-order chi connectivity index (χ1) is 8.88. The molecule has 0 radical (unpaired) electrons. The molecule has 1 nitrogen and oxygen atoms in total. The molecule has 2 aromatic rings. The second kappa shape index (κ2) is 5.35. The fourth-order valence-corrected chi connectivity index (χ4v) is 2.04. The Bertz CT molecular complexity index is 564. The normalized spacial score (nSPS) is 13.3. The predicted octanol–water partition coefficient (Wildman–Crippen LogP) is 4.52. The zero-order valence-corrected chi connectivity index (χ0v) is 11.4. The molecule has 1 unspecified atom stereocenters. The summed E-state index contributed by atoms with van der Waals surface area (Å²) in [5.41, 5.74) is 6.52. The van der Waals surface area contributed by atoms with E-state index < -0.39 is 17.8 Å². The average Bonchev–Trinajstić information content (AvgIpc) is 2.38. The van der Waals surface area contributed by atoms with E-state index in [2.05, 4.69) is 15.9 Å². The van der Waals surface area contributed by atoms with E-state index in [1.807, 2.05) is 12.1 Å². The van der Waals surface area contributed by atoms with E-state index in [0.717, 1.165) is 22.2 Å². The molecule has 0 spiro atoms. The first-order valence-corrected chi connectivity index (χ1v) is 6.35. The fraction of sp³-hybridized carbons (Fsp3) is 0.143. The van der Waals surface area contributed by atoms with Crippen molar-refractivity contribution in [2.24, 2.45) is 5.73 Å². The maximum Gasteiger partial charge on any atom is 0.416 e. The molecule has 2 rings (SSSR count). The van der Waals surface area contributed by atoms with Crippen LogP contribution in [0.3, 0.4) is 0 Å². The maximum atomic E-state index is 12.6. The lowest BCUT2D eigenvalue weighted by Gasteiger charge is -2.15. The lowest BCUT2D eigenvalue weighted by molar-refractivity contribution is -0.137. The van der Waals surface area contributed by atoms with Crippen LogP contribution >= 0.6 is 15.9 Å². The predicted molar refractivity (Wildman–Crippen MR) is 71.6 cm³/mol. The Labute approximate surface area is 117 Å². The number of hydrogen-bond acceptors (Lipinski definition) is 1. The lowest BCUT2D eigenvalue weighted by atomic mass is 9.98. The highest BCUT2D eigenvalue weighted by molar-refractivity contribution is 9.10. The molecule has 0 fully saturated rings. The highest BCUT2D eigenvalue weighted by Crippen LogP contribution is 2.31. The van der Waals surface area contributed by atoms with Crippen LogP contribution in [0.25, 0.3) is 0 Å². The minimum Gasteiger partial charge on any atom is -0.320 e. The van der Waals surface area contributed by atoms with Crippen LogP contribution in [0.5, 0.6) is 0 Å². The van der Waals surface area contributed by atoms with Crippen molar-refractivity contribution < 1.29 is 13.2 Å². The average molecular weight is 330 g/mol. The smallest absolute Gasteiger partial charge is 0.320 e. The molecule has 1 atom stereocenters. The van der Waals surface area contributed by atoms with Gasteiger partial charge in [0.25, 0.3) is 0 Å². The van der Waals surface area contributed by atoms with Crippen molar-refractivity contribution in [3.63, 3.8) is 0 Å². The van der Waals surface area contributed by atoms with Gasteiger partial charge in [-0.1, -0.05) is 40.2 Å². The van der Waals surface area contributed by atoms with Gasteiger partial charge in [0.15, 0.2) is 0 Å². The van der Waals surface area contributed by atoms with Crippen molar-refractivity contribution in [1.29, 1.82) is 0 Å². The van der Waals surface area contributed by atoms with Crippen molar-refractivity contribution in [2.45, 2.75) is 12.2 Å². The summed E-state index contributed by atoms with van der Waals surface area (Å²) in [6.07, 6.45) is -4.35. The molecular formula is C14H11BrF3N. The monoisotopic (exact) mass is 329 g/mol. The molecule has 0 aliphatic heterocycles.